The Morgan fingerprint density at radius 3 is 2.64 bits per heavy atom. The summed E-state index contributed by atoms with van der Waals surface area (Å²) >= 11 is 0. The predicted molar refractivity (Wildman–Crippen MR) is 57.3 cm³/mol. The summed E-state index contributed by atoms with van der Waals surface area (Å²) in [6.45, 7) is 7.67. The quantitative estimate of drug-likeness (QED) is 0.717. The lowest BCUT2D eigenvalue weighted by atomic mass is 10.2. The third-order valence-electron chi connectivity index (χ3n) is 3.43. The smallest absolute Gasteiger partial charge is 0.0639 e. The summed E-state index contributed by atoms with van der Waals surface area (Å²) in [7, 11) is 0. The molecule has 82 valence electrons. The van der Waals surface area contributed by atoms with Crippen LogP contribution >= 0.6 is 0 Å². The minimum Gasteiger partial charge on any atom is -0.392 e. The van der Waals surface area contributed by atoms with E-state index in [1.54, 1.807) is 0 Å². The second-order valence-corrected chi connectivity index (χ2v) is 4.79. The molecule has 1 unspecified atom stereocenters. The molecule has 2 aliphatic rings. The van der Waals surface area contributed by atoms with E-state index >= 15 is 0 Å². The Morgan fingerprint density at radius 2 is 2.00 bits per heavy atom. The van der Waals surface area contributed by atoms with Crippen LogP contribution in [0.4, 0.5) is 0 Å². The maximum atomic E-state index is 9.31. The van der Waals surface area contributed by atoms with Crippen molar-refractivity contribution in [3.8, 4) is 0 Å². The van der Waals surface area contributed by atoms with Crippen LogP contribution in [-0.2, 0) is 0 Å². The zero-order valence-electron chi connectivity index (χ0n) is 9.15. The van der Waals surface area contributed by atoms with Gasteiger partial charge >= 0.3 is 0 Å². The van der Waals surface area contributed by atoms with E-state index in [-0.39, 0.29) is 6.10 Å². The largest absolute Gasteiger partial charge is 0.392 e. The maximum absolute atomic E-state index is 9.31. The number of rotatable bonds is 3. The number of hydrogen-bond donors (Lipinski definition) is 1. The molecule has 2 rings (SSSR count). The van der Waals surface area contributed by atoms with E-state index in [0.29, 0.717) is 0 Å². The Balaban J connectivity index is 1.76. The average molecular weight is 198 g/mol. The lowest BCUT2D eigenvalue weighted by Crippen LogP contribution is -2.36. The molecule has 0 aromatic heterocycles. The van der Waals surface area contributed by atoms with E-state index in [4.69, 9.17) is 0 Å². The van der Waals surface area contributed by atoms with Gasteiger partial charge in [-0.2, -0.15) is 0 Å². The third kappa shape index (κ3) is 2.47. The van der Waals surface area contributed by atoms with Gasteiger partial charge in [-0.15, -0.1) is 0 Å². The minimum atomic E-state index is -0.174. The minimum absolute atomic E-state index is 0.174. The van der Waals surface area contributed by atoms with Crippen LogP contribution in [0, 0.1) is 0 Å². The molecule has 2 atom stereocenters. The molecular weight excluding hydrogens is 176 g/mol. The molecule has 0 amide bonds. The highest BCUT2D eigenvalue weighted by molar-refractivity contribution is 4.85. The average Bonchev–Trinajstić information content (AvgIpc) is 2.69. The second-order valence-electron chi connectivity index (χ2n) is 4.79. The van der Waals surface area contributed by atoms with Gasteiger partial charge in [0.25, 0.3) is 0 Å². The first kappa shape index (κ1) is 10.4. The molecule has 2 fully saturated rings. The summed E-state index contributed by atoms with van der Waals surface area (Å²) in [6, 6.07) is 0.774. The van der Waals surface area contributed by atoms with Crippen molar-refractivity contribution in [3.05, 3.63) is 0 Å². The first-order valence-corrected chi connectivity index (χ1v) is 5.90. The highest BCUT2D eigenvalue weighted by Gasteiger charge is 2.29. The van der Waals surface area contributed by atoms with Crippen LogP contribution in [0.2, 0.25) is 0 Å². The van der Waals surface area contributed by atoms with Crippen LogP contribution in [0.3, 0.4) is 0 Å². The molecule has 0 radical (unpaired) electrons. The van der Waals surface area contributed by atoms with Gasteiger partial charge in [0, 0.05) is 19.1 Å². The molecule has 0 spiro atoms. The Hall–Kier alpha value is -0.120. The van der Waals surface area contributed by atoms with E-state index < -0.39 is 0 Å². The molecule has 14 heavy (non-hydrogen) atoms. The molecule has 2 saturated heterocycles. The van der Waals surface area contributed by atoms with E-state index in [0.717, 1.165) is 12.6 Å². The van der Waals surface area contributed by atoms with Crippen LogP contribution < -0.4 is 0 Å². The molecule has 0 aliphatic carbocycles. The van der Waals surface area contributed by atoms with E-state index in [1.165, 1.54) is 45.4 Å². The molecule has 3 heteroatoms. The van der Waals surface area contributed by atoms with Crippen LogP contribution in [0.15, 0.2) is 0 Å². The summed E-state index contributed by atoms with van der Waals surface area (Å²) < 4.78 is 0. The Bertz CT molecular complexity index is 178. The van der Waals surface area contributed by atoms with E-state index in [1.807, 2.05) is 6.92 Å². The normalized spacial score (nSPS) is 32.6. The fraction of sp³-hybridized carbons (Fsp3) is 1.00. The number of aliphatic hydroxyl groups is 1. The lowest BCUT2D eigenvalue weighted by molar-refractivity contribution is 0.134. The van der Waals surface area contributed by atoms with Crippen LogP contribution in [0.25, 0.3) is 0 Å². The molecular formula is C11H22N2O. The number of likely N-dealkylation sites (tertiary alicyclic amines) is 2. The van der Waals surface area contributed by atoms with Crippen molar-refractivity contribution in [2.75, 3.05) is 32.7 Å². The number of aliphatic hydroxyl groups excluding tert-OH is 1. The summed E-state index contributed by atoms with van der Waals surface area (Å²) in [5.41, 5.74) is 0. The molecule has 2 heterocycles. The van der Waals surface area contributed by atoms with Crippen molar-refractivity contribution in [2.24, 2.45) is 0 Å². The van der Waals surface area contributed by atoms with Gasteiger partial charge in [0.2, 0.25) is 0 Å². The molecule has 3 nitrogen and oxygen atoms in total. The van der Waals surface area contributed by atoms with Gasteiger partial charge in [-0.1, -0.05) is 0 Å². The van der Waals surface area contributed by atoms with E-state index in [2.05, 4.69) is 9.80 Å². The zero-order valence-corrected chi connectivity index (χ0v) is 9.15. The van der Waals surface area contributed by atoms with Crippen LogP contribution in [0.1, 0.15) is 26.2 Å². The maximum Gasteiger partial charge on any atom is 0.0639 e. The zero-order chi connectivity index (χ0) is 9.97. The van der Waals surface area contributed by atoms with Gasteiger partial charge in [-0.05, 0) is 45.8 Å². The molecule has 1 N–H and O–H groups in total. The van der Waals surface area contributed by atoms with E-state index in [9.17, 15) is 5.11 Å². The first-order chi connectivity index (χ1) is 6.75. The molecule has 0 saturated carbocycles. The predicted octanol–water partition coefficient (Wildman–Crippen LogP) is 0.537. The highest BCUT2D eigenvalue weighted by atomic mass is 16.3. The van der Waals surface area contributed by atoms with Gasteiger partial charge in [-0.25, -0.2) is 0 Å². The van der Waals surface area contributed by atoms with Crippen LogP contribution in [-0.4, -0.2) is 59.8 Å². The molecule has 0 aromatic rings. The SMILES string of the molecule is C[C@H](O)CN1CCC(N2CCCC2)C1. The number of hydrogen-bond acceptors (Lipinski definition) is 3. The third-order valence-corrected chi connectivity index (χ3v) is 3.43. The molecule has 0 bridgehead atoms. The van der Waals surface area contributed by atoms with Crippen molar-refractivity contribution >= 4 is 0 Å². The van der Waals surface area contributed by atoms with Crippen molar-refractivity contribution in [3.63, 3.8) is 0 Å². The standard InChI is InChI=1S/C11H22N2O/c1-10(14)8-12-7-4-11(9-12)13-5-2-3-6-13/h10-11,14H,2-9H2,1H3/t10-,11?/m0/s1. The Morgan fingerprint density at radius 1 is 1.29 bits per heavy atom. The van der Waals surface area contributed by atoms with Crippen molar-refractivity contribution in [1.29, 1.82) is 0 Å². The van der Waals surface area contributed by atoms with Crippen molar-refractivity contribution in [1.82, 2.24) is 9.80 Å². The van der Waals surface area contributed by atoms with Gasteiger partial charge in [0.1, 0.15) is 0 Å². The van der Waals surface area contributed by atoms with Crippen molar-refractivity contribution in [2.45, 2.75) is 38.3 Å². The summed E-state index contributed by atoms with van der Waals surface area (Å²) in [5.74, 6) is 0. The fourth-order valence-electron chi connectivity index (χ4n) is 2.76. The summed E-state index contributed by atoms with van der Waals surface area (Å²) in [4.78, 5) is 5.02. The Labute approximate surface area is 86.7 Å². The van der Waals surface area contributed by atoms with Gasteiger partial charge < -0.3 is 5.11 Å². The summed E-state index contributed by atoms with van der Waals surface area (Å²) in [6.07, 6.45) is 3.89. The monoisotopic (exact) mass is 198 g/mol. The van der Waals surface area contributed by atoms with Gasteiger partial charge in [0.15, 0.2) is 0 Å². The van der Waals surface area contributed by atoms with Gasteiger partial charge in [0.05, 0.1) is 6.10 Å². The first-order valence-electron chi connectivity index (χ1n) is 5.90. The molecule has 2 aliphatic heterocycles. The van der Waals surface area contributed by atoms with Crippen LogP contribution in [0.5, 0.6) is 0 Å². The summed E-state index contributed by atoms with van der Waals surface area (Å²) in [5, 5.41) is 9.31. The lowest BCUT2D eigenvalue weighted by Gasteiger charge is -2.24. The number of β-amino-alcohol motifs (C(OH)–C–C–N with tert-alkyl or cyclic N) is 1. The highest BCUT2D eigenvalue weighted by Crippen LogP contribution is 2.20. The number of nitrogens with zero attached hydrogens (tertiary/aromatic N) is 2. The topological polar surface area (TPSA) is 26.7 Å². The molecule has 0 aromatic carbocycles. The van der Waals surface area contributed by atoms with Crippen molar-refractivity contribution < 1.29 is 5.11 Å². The fourth-order valence-corrected chi connectivity index (χ4v) is 2.76. The van der Waals surface area contributed by atoms with Gasteiger partial charge in [-0.3, -0.25) is 9.80 Å². The second kappa shape index (κ2) is 4.60. The Kier molecular flexibility index (Phi) is 3.42.